The molecular formula is C17H13BrClNO. The largest absolute Gasteiger partial charge is 0.439 e. The summed E-state index contributed by atoms with van der Waals surface area (Å²) in [7, 11) is 0. The summed E-state index contributed by atoms with van der Waals surface area (Å²) >= 11 is 9.53. The molecule has 106 valence electrons. The monoisotopic (exact) mass is 361 g/mol. The van der Waals surface area contributed by atoms with Crippen molar-refractivity contribution in [2.75, 3.05) is 0 Å². The molecule has 0 fully saturated rings. The van der Waals surface area contributed by atoms with Gasteiger partial charge in [0.25, 0.3) is 0 Å². The molecule has 1 heterocycles. The van der Waals surface area contributed by atoms with Gasteiger partial charge in [0.1, 0.15) is 5.75 Å². The van der Waals surface area contributed by atoms with E-state index >= 15 is 0 Å². The summed E-state index contributed by atoms with van der Waals surface area (Å²) in [6.45, 7) is 1.95. The van der Waals surface area contributed by atoms with Crippen molar-refractivity contribution in [2.45, 2.75) is 12.3 Å². The van der Waals surface area contributed by atoms with Gasteiger partial charge in [0.05, 0.1) is 5.52 Å². The summed E-state index contributed by atoms with van der Waals surface area (Å²) in [4.78, 5) is 4.61. The fourth-order valence-electron chi connectivity index (χ4n) is 2.12. The lowest BCUT2D eigenvalue weighted by molar-refractivity contribution is 0.460. The Bertz CT molecular complexity index is 804. The molecule has 0 aliphatic heterocycles. The van der Waals surface area contributed by atoms with Gasteiger partial charge < -0.3 is 4.74 Å². The number of benzene rings is 2. The molecule has 2 nitrogen and oxygen atoms in total. The molecule has 0 aliphatic carbocycles. The molecule has 0 aliphatic rings. The molecule has 0 spiro atoms. The summed E-state index contributed by atoms with van der Waals surface area (Å²) in [6, 6.07) is 15.7. The maximum Gasteiger partial charge on any atom is 0.223 e. The first-order valence-electron chi connectivity index (χ1n) is 6.56. The fraction of sp³-hybridized carbons (Fsp3) is 0.118. The van der Waals surface area contributed by atoms with Gasteiger partial charge in [-0.25, -0.2) is 4.98 Å². The number of fused-ring (bicyclic) bond motifs is 1. The van der Waals surface area contributed by atoms with Crippen molar-refractivity contribution in [3.05, 3.63) is 64.7 Å². The van der Waals surface area contributed by atoms with Crippen LogP contribution in [0.15, 0.2) is 48.5 Å². The quantitative estimate of drug-likeness (QED) is 0.542. The first-order chi connectivity index (χ1) is 10.2. The zero-order valence-electron chi connectivity index (χ0n) is 11.4. The summed E-state index contributed by atoms with van der Waals surface area (Å²) < 4.78 is 5.94. The van der Waals surface area contributed by atoms with Crippen LogP contribution in [0.25, 0.3) is 10.9 Å². The van der Waals surface area contributed by atoms with E-state index in [-0.39, 0.29) is 0 Å². The van der Waals surface area contributed by atoms with Gasteiger partial charge in [0.2, 0.25) is 5.88 Å². The van der Waals surface area contributed by atoms with Gasteiger partial charge in [0.15, 0.2) is 0 Å². The average Bonchev–Trinajstić information content (AvgIpc) is 2.50. The molecule has 4 heteroatoms. The van der Waals surface area contributed by atoms with Crippen molar-refractivity contribution in [3.63, 3.8) is 0 Å². The highest BCUT2D eigenvalue weighted by Crippen LogP contribution is 2.30. The van der Waals surface area contributed by atoms with Crippen LogP contribution >= 0.6 is 27.5 Å². The van der Waals surface area contributed by atoms with Crippen LogP contribution in [0.2, 0.25) is 5.02 Å². The van der Waals surface area contributed by atoms with E-state index in [0.717, 1.165) is 32.8 Å². The summed E-state index contributed by atoms with van der Waals surface area (Å²) in [6.07, 6.45) is 0. The molecule has 21 heavy (non-hydrogen) atoms. The summed E-state index contributed by atoms with van der Waals surface area (Å²) in [5.41, 5.74) is 2.92. The Kier molecular flexibility index (Phi) is 4.13. The van der Waals surface area contributed by atoms with Crippen LogP contribution in [0.5, 0.6) is 11.6 Å². The van der Waals surface area contributed by atoms with E-state index in [2.05, 4.69) is 27.0 Å². The lowest BCUT2D eigenvalue weighted by atomic mass is 10.1. The van der Waals surface area contributed by atoms with Crippen LogP contribution in [0, 0.1) is 6.92 Å². The maximum absolute atomic E-state index is 6.04. The topological polar surface area (TPSA) is 22.1 Å². The van der Waals surface area contributed by atoms with E-state index in [4.69, 9.17) is 16.3 Å². The highest BCUT2D eigenvalue weighted by molar-refractivity contribution is 9.08. The smallest absolute Gasteiger partial charge is 0.223 e. The number of alkyl halides is 1. The van der Waals surface area contributed by atoms with E-state index < -0.39 is 0 Å². The maximum atomic E-state index is 6.04. The number of aromatic nitrogens is 1. The minimum atomic E-state index is 0.618. The SMILES string of the molecule is Cc1cc(Oc2nc3ccccc3cc2CBr)ccc1Cl. The van der Waals surface area contributed by atoms with Crippen molar-refractivity contribution < 1.29 is 4.74 Å². The summed E-state index contributed by atoms with van der Waals surface area (Å²) in [5.74, 6) is 1.36. The molecule has 0 bridgehead atoms. The Morgan fingerprint density at radius 3 is 2.71 bits per heavy atom. The Morgan fingerprint density at radius 2 is 1.95 bits per heavy atom. The highest BCUT2D eigenvalue weighted by atomic mass is 79.9. The zero-order chi connectivity index (χ0) is 14.8. The third-order valence-corrected chi connectivity index (χ3v) is 4.28. The number of hydrogen-bond donors (Lipinski definition) is 0. The standard InChI is InChI=1S/C17H13BrClNO/c1-11-8-14(6-7-15(11)19)21-17-13(10-18)9-12-4-2-3-5-16(12)20-17/h2-9H,10H2,1H3. The van der Waals surface area contributed by atoms with Crippen LogP contribution in [0.4, 0.5) is 0 Å². The number of para-hydroxylation sites is 1. The van der Waals surface area contributed by atoms with Crippen molar-refractivity contribution in [2.24, 2.45) is 0 Å². The van der Waals surface area contributed by atoms with Crippen molar-refractivity contribution in [3.8, 4) is 11.6 Å². The number of hydrogen-bond acceptors (Lipinski definition) is 2. The molecule has 0 atom stereocenters. The van der Waals surface area contributed by atoms with E-state index in [1.807, 2.05) is 49.4 Å². The molecule has 1 aromatic heterocycles. The van der Waals surface area contributed by atoms with Crippen molar-refractivity contribution >= 4 is 38.4 Å². The number of halogens is 2. The minimum absolute atomic E-state index is 0.618. The Morgan fingerprint density at radius 1 is 1.14 bits per heavy atom. The van der Waals surface area contributed by atoms with Crippen LogP contribution < -0.4 is 4.74 Å². The Balaban J connectivity index is 2.04. The normalized spacial score (nSPS) is 10.8. The Hall–Kier alpha value is -1.58. The van der Waals surface area contributed by atoms with Gasteiger partial charge in [-0.15, -0.1) is 0 Å². The third-order valence-electron chi connectivity index (χ3n) is 3.25. The predicted octanol–water partition coefficient (Wildman–Crippen LogP) is 5.88. The zero-order valence-corrected chi connectivity index (χ0v) is 13.8. The molecule has 0 saturated heterocycles. The van der Waals surface area contributed by atoms with Crippen LogP contribution in [-0.2, 0) is 5.33 Å². The molecule has 0 radical (unpaired) electrons. The second kappa shape index (κ2) is 6.04. The molecule has 3 aromatic rings. The van der Waals surface area contributed by atoms with E-state index in [1.165, 1.54) is 0 Å². The van der Waals surface area contributed by atoms with Crippen LogP contribution in [0.3, 0.4) is 0 Å². The number of nitrogens with zero attached hydrogens (tertiary/aromatic N) is 1. The van der Waals surface area contributed by atoms with Gasteiger partial charge in [-0.1, -0.05) is 45.7 Å². The number of pyridine rings is 1. The summed E-state index contributed by atoms with van der Waals surface area (Å²) in [5, 5.41) is 2.52. The van der Waals surface area contributed by atoms with Gasteiger partial charge in [-0.3, -0.25) is 0 Å². The molecule has 0 unspecified atom stereocenters. The van der Waals surface area contributed by atoms with Gasteiger partial charge in [-0.05, 0) is 42.8 Å². The molecule has 0 N–H and O–H groups in total. The van der Waals surface area contributed by atoms with Crippen LogP contribution in [0.1, 0.15) is 11.1 Å². The first-order valence-corrected chi connectivity index (χ1v) is 8.06. The third kappa shape index (κ3) is 3.04. The van der Waals surface area contributed by atoms with Gasteiger partial charge in [0, 0.05) is 21.3 Å². The number of rotatable bonds is 3. The average molecular weight is 363 g/mol. The molecule has 2 aromatic carbocycles. The fourth-order valence-corrected chi connectivity index (χ4v) is 2.64. The second-order valence-electron chi connectivity index (χ2n) is 4.79. The first kappa shape index (κ1) is 14.4. The second-order valence-corrected chi connectivity index (χ2v) is 5.76. The molecule has 0 amide bonds. The molecular weight excluding hydrogens is 350 g/mol. The van der Waals surface area contributed by atoms with E-state index in [1.54, 1.807) is 0 Å². The lowest BCUT2D eigenvalue weighted by Crippen LogP contribution is -1.94. The molecule has 3 rings (SSSR count). The lowest BCUT2D eigenvalue weighted by Gasteiger charge is -2.11. The number of aryl methyl sites for hydroxylation is 1. The van der Waals surface area contributed by atoms with Crippen LogP contribution in [-0.4, -0.2) is 4.98 Å². The van der Waals surface area contributed by atoms with E-state index in [9.17, 15) is 0 Å². The minimum Gasteiger partial charge on any atom is -0.439 e. The van der Waals surface area contributed by atoms with E-state index in [0.29, 0.717) is 11.2 Å². The Labute approximate surface area is 136 Å². The van der Waals surface area contributed by atoms with Gasteiger partial charge >= 0.3 is 0 Å². The number of ether oxygens (including phenoxy) is 1. The van der Waals surface area contributed by atoms with Crippen molar-refractivity contribution in [1.29, 1.82) is 0 Å². The van der Waals surface area contributed by atoms with Crippen molar-refractivity contribution in [1.82, 2.24) is 4.98 Å². The highest BCUT2D eigenvalue weighted by Gasteiger charge is 2.09. The molecule has 0 saturated carbocycles. The predicted molar refractivity (Wildman–Crippen MR) is 90.6 cm³/mol. The van der Waals surface area contributed by atoms with Gasteiger partial charge in [-0.2, -0.15) is 0 Å².